The maximum atomic E-state index is 8.61. The lowest BCUT2D eigenvalue weighted by molar-refractivity contribution is 0.0438. The molecule has 1 unspecified atom stereocenters. The predicted octanol–water partition coefficient (Wildman–Crippen LogP) is -0.433. The van der Waals surface area contributed by atoms with Crippen molar-refractivity contribution < 1.29 is 14.8 Å². The highest BCUT2D eigenvalue weighted by Crippen LogP contribution is 2.12. The van der Waals surface area contributed by atoms with Gasteiger partial charge in [-0.1, -0.05) is 0 Å². The summed E-state index contributed by atoms with van der Waals surface area (Å²) in [5, 5.41) is 17.2. The topological polar surface area (TPSA) is 49.7 Å². The summed E-state index contributed by atoms with van der Waals surface area (Å²) >= 11 is 0. The van der Waals surface area contributed by atoms with Crippen molar-refractivity contribution in [3.8, 4) is 0 Å². The van der Waals surface area contributed by atoms with Crippen molar-refractivity contribution in [2.45, 2.75) is 25.3 Å². The Labute approximate surface area is 54.8 Å². The first-order valence-electron chi connectivity index (χ1n) is 3.28. The SMILES string of the molecule is OB(O)C1CCCCO1. The van der Waals surface area contributed by atoms with Gasteiger partial charge in [-0.15, -0.1) is 0 Å². The van der Waals surface area contributed by atoms with E-state index in [0.29, 0.717) is 6.61 Å². The number of hydrogen-bond donors (Lipinski definition) is 2. The van der Waals surface area contributed by atoms with Gasteiger partial charge in [-0.05, 0) is 19.3 Å². The second-order valence-electron chi connectivity index (χ2n) is 2.32. The molecule has 1 fully saturated rings. The quantitative estimate of drug-likeness (QED) is 0.473. The third-order valence-corrected chi connectivity index (χ3v) is 1.55. The third kappa shape index (κ3) is 1.97. The smallest absolute Gasteiger partial charge is 0.425 e. The molecule has 1 atom stereocenters. The number of rotatable bonds is 1. The van der Waals surface area contributed by atoms with Gasteiger partial charge < -0.3 is 14.8 Å². The van der Waals surface area contributed by atoms with Crippen molar-refractivity contribution in [3.05, 3.63) is 0 Å². The Morgan fingerprint density at radius 1 is 1.33 bits per heavy atom. The van der Waals surface area contributed by atoms with Gasteiger partial charge in [-0.25, -0.2) is 0 Å². The van der Waals surface area contributed by atoms with E-state index in [1.54, 1.807) is 0 Å². The molecule has 4 heteroatoms. The number of hydrogen-bond acceptors (Lipinski definition) is 3. The molecule has 52 valence electrons. The van der Waals surface area contributed by atoms with E-state index in [0.717, 1.165) is 19.3 Å². The molecule has 0 bridgehead atoms. The van der Waals surface area contributed by atoms with Crippen LogP contribution in [0.5, 0.6) is 0 Å². The van der Waals surface area contributed by atoms with Crippen LogP contribution in [0.1, 0.15) is 19.3 Å². The molecule has 1 aliphatic rings. The van der Waals surface area contributed by atoms with Crippen LogP contribution in [0.3, 0.4) is 0 Å². The van der Waals surface area contributed by atoms with Crippen molar-refractivity contribution in [1.82, 2.24) is 0 Å². The Bertz CT molecular complexity index is 80.3. The highest BCUT2D eigenvalue weighted by atomic mass is 16.5. The molecular formula is C5H11BO3. The van der Waals surface area contributed by atoms with Crippen LogP contribution >= 0.6 is 0 Å². The standard InChI is InChI=1S/C5H11BO3/c7-6(8)5-3-1-2-4-9-5/h5,7-8H,1-4H2. The molecular weight excluding hydrogens is 119 g/mol. The molecule has 0 aromatic rings. The summed E-state index contributed by atoms with van der Waals surface area (Å²) in [6.07, 6.45) is 2.86. The second kappa shape index (κ2) is 3.20. The van der Waals surface area contributed by atoms with Gasteiger partial charge in [0.15, 0.2) is 0 Å². The van der Waals surface area contributed by atoms with Crippen LogP contribution in [-0.2, 0) is 4.74 Å². The molecule has 1 saturated heterocycles. The van der Waals surface area contributed by atoms with Crippen LogP contribution in [0, 0.1) is 0 Å². The zero-order valence-electron chi connectivity index (χ0n) is 5.29. The molecule has 0 saturated carbocycles. The lowest BCUT2D eigenvalue weighted by Crippen LogP contribution is -2.36. The first-order chi connectivity index (χ1) is 4.30. The van der Waals surface area contributed by atoms with Gasteiger partial charge in [0, 0.05) is 6.61 Å². The molecule has 0 aromatic heterocycles. The molecule has 1 aliphatic heterocycles. The van der Waals surface area contributed by atoms with E-state index in [1.165, 1.54) is 0 Å². The van der Waals surface area contributed by atoms with E-state index >= 15 is 0 Å². The molecule has 0 spiro atoms. The van der Waals surface area contributed by atoms with E-state index in [2.05, 4.69) is 0 Å². The Hall–Kier alpha value is -0.0551. The minimum absolute atomic E-state index is 0.334. The van der Waals surface area contributed by atoms with Crippen molar-refractivity contribution in [3.63, 3.8) is 0 Å². The molecule has 1 rings (SSSR count). The van der Waals surface area contributed by atoms with Crippen molar-refractivity contribution in [2.24, 2.45) is 0 Å². The van der Waals surface area contributed by atoms with Crippen LogP contribution in [0.2, 0.25) is 0 Å². The van der Waals surface area contributed by atoms with E-state index in [-0.39, 0.29) is 6.00 Å². The van der Waals surface area contributed by atoms with Crippen LogP contribution in [0.15, 0.2) is 0 Å². The van der Waals surface area contributed by atoms with Gasteiger partial charge in [-0.2, -0.15) is 0 Å². The highest BCUT2D eigenvalue weighted by molar-refractivity contribution is 6.42. The van der Waals surface area contributed by atoms with Gasteiger partial charge in [0.2, 0.25) is 0 Å². The largest absolute Gasteiger partial charge is 0.482 e. The monoisotopic (exact) mass is 130 g/mol. The third-order valence-electron chi connectivity index (χ3n) is 1.55. The minimum Gasteiger partial charge on any atom is -0.425 e. The average molecular weight is 130 g/mol. The lowest BCUT2D eigenvalue weighted by atomic mass is 9.78. The van der Waals surface area contributed by atoms with Gasteiger partial charge in [0.1, 0.15) is 0 Å². The Balaban J connectivity index is 2.23. The molecule has 0 radical (unpaired) electrons. The van der Waals surface area contributed by atoms with E-state index in [1.807, 2.05) is 0 Å². The maximum Gasteiger partial charge on any atom is 0.482 e. The normalized spacial score (nSPS) is 28.0. The Kier molecular flexibility index (Phi) is 2.51. The second-order valence-corrected chi connectivity index (χ2v) is 2.32. The minimum atomic E-state index is -1.29. The fourth-order valence-corrected chi connectivity index (χ4v) is 1.00. The summed E-state index contributed by atoms with van der Waals surface area (Å²) in [5.74, 6) is 0. The van der Waals surface area contributed by atoms with Crippen LogP contribution in [-0.4, -0.2) is 29.8 Å². The zero-order chi connectivity index (χ0) is 6.69. The molecule has 3 nitrogen and oxygen atoms in total. The zero-order valence-corrected chi connectivity index (χ0v) is 5.29. The van der Waals surface area contributed by atoms with Crippen molar-refractivity contribution in [1.29, 1.82) is 0 Å². The van der Waals surface area contributed by atoms with E-state index in [9.17, 15) is 0 Å². The van der Waals surface area contributed by atoms with Crippen molar-refractivity contribution >= 4 is 7.12 Å². The summed E-state index contributed by atoms with van der Waals surface area (Å²) in [6, 6.07) is -0.334. The van der Waals surface area contributed by atoms with Gasteiger partial charge >= 0.3 is 7.12 Å². The molecule has 0 aliphatic carbocycles. The summed E-state index contributed by atoms with van der Waals surface area (Å²) in [5.41, 5.74) is 0. The summed E-state index contributed by atoms with van der Waals surface area (Å²) in [7, 11) is -1.29. The average Bonchev–Trinajstić information content (AvgIpc) is 1.90. The van der Waals surface area contributed by atoms with Gasteiger partial charge in [-0.3, -0.25) is 0 Å². The fraction of sp³-hybridized carbons (Fsp3) is 1.00. The Morgan fingerprint density at radius 2 is 2.11 bits per heavy atom. The summed E-state index contributed by atoms with van der Waals surface area (Å²) < 4.78 is 5.04. The predicted molar refractivity (Wildman–Crippen MR) is 33.8 cm³/mol. The fourth-order valence-electron chi connectivity index (χ4n) is 1.00. The molecule has 2 N–H and O–H groups in total. The first kappa shape index (κ1) is 7.06. The summed E-state index contributed by atoms with van der Waals surface area (Å²) in [4.78, 5) is 0. The maximum absolute atomic E-state index is 8.61. The van der Waals surface area contributed by atoms with Crippen LogP contribution in [0.4, 0.5) is 0 Å². The first-order valence-corrected chi connectivity index (χ1v) is 3.28. The van der Waals surface area contributed by atoms with E-state index < -0.39 is 7.12 Å². The van der Waals surface area contributed by atoms with Crippen LogP contribution < -0.4 is 0 Å². The summed E-state index contributed by atoms with van der Waals surface area (Å²) in [6.45, 7) is 0.669. The molecule has 0 amide bonds. The molecule has 1 heterocycles. The van der Waals surface area contributed by atoms with Gasteiger partial charge in [0.25, 0.3) is 0 Å². The van der Waals surface area contributed by atoms with E-state index in [4.69, 9.17) is 14.8 Å². The van der Waals surface area contributed by atoms with Crippen molar-refractivity contribution in [2.75, 3.05) is 6.61 Å². The molecule has 9 heavy (non-hydrogen) atoms. The van der Waals surface area contributed by atoms with Gasteiger partial charge in [0.05, 0.1) is 6.00 Å². The lowest BCUT2D eigenvalue weighted by Gasteiger charge is -2.20. The Morgan fingerprint density at radius 3 is 2.44 bits per heavy atom. The molecule has 0 aromatic carbocycles. The highest BCUT2D eigenvalue weighted by Gasteiger charge is 2.25. The van der Waals surface area contributed by atoms with Crippen LogP contribution in [0.25, 0.3) is 0 Å². The number of ether oxygens (including phenoxy) is 1.